The zero-order chi connectivity index (χ0) is 18.3. The lowest BCUT2D eigenvalue weighted by Gasteiger charge is -2.13. The van der Waals surface area contributed by atoms with Gasteiger partial charge in [0.15, 0.2) is 11.3 Å². The maximum Gasteiger partial charge on any atom is 0.287 e. The number of hydrogen-bond donors (Lipinski definition) is 0. The molecule has 2 aromatic heterocycles. The van der Waals surface area contributed by atoms with Crippen LogP contribution in [0.25, 0.3) is 33.5 Å². The summed E-state index contributed by atoms with van der Waals surface area (Å²) in [6, 6.07) is 10.6. The molecular formula is C21H20N5+. The predicted octanol–water partition coefficient (Wildman–Crippen LogP) is 3.50. The Hall–Kier alpha value is -3.21. The van der Waals surface area contributed by atoms with Crippen molar-refractivity contribution in [1.29, 1.82) is 0 Å². The molecule has 128 valence electrons. The summed E-state index contributed by atoms with van der Waals surface area (Å²) < 4.78 is 2.08. The van der Waals surface area contributed by atoms with E-state index in [4.69, 9.17) is 0 Å². The fraction of sp³-hybridized carbons (Fsp3) is 0.190. The minimum absolute atomic E-state index is 0.634. The summed E-state index contributed by atoms with van der Waals surface area (Å²) in [5.74, 6) is 0.634. The Kier molecular flexibility index (Phi) is 3.92. The first-order valence-corrected chi connectivity index (χ1v) is 8.54. The first kappa shape index (κ1) is 16.3. The number of aryl methyl sites for hydroxylation is 3. The summed E-state index contributed by atoms with van der Waals surface area (Å²) in [7, 11) is 2.04. The van der Waals surface area contributed by atoms with Gasteiger partial charge >= 0.3 is 0 Å². The van der Waals surface area contributed by atoms with Crippen LogP contribution in [0, 0.1) is 20.8 Å². The molecule has 0 unspecified atom stereocenters. The average Bonchev–Trinajstić information content (AvgIpc) is 2.65. The fourth-order valence-electron chi connectivity index (χ4n) is 3.45. The van der Waals surface area contributed by atoms with E-state index in [2.05, 4.69) is 63.5 Å². The van der Waals surface area contributed by atoms with E-state index in [1.54, 1.807) is 0 Å². The Bertz CT molecular complexity index is 1120. The number of rotatable bonds is 2. The van der Waals surface area contributed by atoms with Crippen molar-refractivity contribution in [2.75, 3.05) is 0 Å². The molecule has 0 aliphatic heterocycles. The normalized spacial score (nSPS) is 11.1. The van der Waals surface area contributed by atoms with Gasteiger partial charge in [0.25, 0.3) is 6.33 Å². The van der Waals surface area contributed by atoms with Gasteiger partial charge in [-0.1, -0.05) is 17.7 Å². The highest BCUT2D eigenvalue weighted by atomic mass is 15.0. The summed E-state index contributed by atoms with van der Waals surface area (Å²) in [4.78, 5) is 17.2. The molecule has 0 radical (unpaired) electrons. The van der Waals surface area contributed by atoms with Gasteiger partial charge in [-0.05, 0) is 55.1 Å². The van der Waals surface area contributed by atoms with Gasteiger partial charge < -0.3 is 0 Å². The second-order valence-electron chi connectivity index (χ2n) is 6.62. The van der Waals surface area contributed by atoms with Crippen LogP contribution >= 0.6 is 0 Å². The topological polar surface area (TPSA) is 55.4 Å². The van der Waals surface area contributed by atoms with Gasteiger partial charge in [-0.2, -0.15) is 0 Å². The quantitative estimate of drug-likeness (QED) is 0.523. The fourth-order valence-corrected chi connectivity index (χ4v) is 3.45. The number of para-hydroxylation sites is 1. The van der Waals surface area contributed by atoms with Crippen molar-refractivity contribution in [1.82, 2.24) is 19.9 Å². The van der Waals surface area contributed by atoms with Crippen molar-refractivity contribution >= 4 is 10.9 Å². The Morgan fingerprint density at radius 1 is 0.885 bits per heavy atom. The molecule has 4 rings (SSSR count). The first-order chi connectivity index (χ1) is 12.6. The molecule has 0 N–H and O–H groups in total. The third-order valence-electron chi connectivity index (χ3n) is 4.80. The summed E-state index contributed by atoms with van der Waals surface area (Å²) in [5, 5.41) is 1.08. The SMILES string of the molecule is Cc1cc(C)c(C)c(-c2c3cccc(-c4ncncn4)c3nc[n+]2C)c1. The van der Waals surface area contributed by atoms with E-state index in [1.165, 1.54) is 34.9 Å². The van der Waals surface area contributed by atoms with E-state index in [0.717, 1.165) is 22.2 Å². The van der Waals surface area contributed by atoms with Crippen LogP contribution in [-0.2, 0) is 7.05 Å². The highest BCUT2D eigenvalue weighted by molar-refractivity contribution is 5.98. The third-order valence-corrected chi connectivity index (χ3v) is 4.80. The van der Waals surface area contributed by atoms with Crippen molar-refractivity contribution in [2.24, 2.45) is 7.05 Å². The van der Waals surface area contributed by atoms with Crippen molar-refractivity contribution in [3.05, 3.63) is 66.0 Å². The van der Waals surface area contributed by atoms with E-state index >= 15 is 0 Å². The zero-order valence-electron chi connectivity index (χ0n) is 15.4. The van der Waals surface area contributed by atoms with Crippen LogP contribution in [0.4, 0.5) is 0 Å². The van der Waals surface area contributed by atoms with Gasteiger partial charge in [-0.15, -0.1) is 0 Å². The summed E-state index contributed by atoms with van der Waals surface area (Å²) in [6.07, 6.45) is 4.89. The van der Waals surface area contributed by atoms with Gasteiger partial charge in [-0.25, -0.2) is 19.5 Å². The van der Waals surface area contributed by atoms with E-state index < -0.39 is 0 Å². The van der Waals surface area contributed by atoms with Crippen molar-refractivity contribution in [2.45, 2.75) is 20.8 Å². The second-order valence-corrected chi connectivity index (χ2v) is 6.62. The van der Waals surface area contributed by atoms with Gasteiger partial charge in [0.05, 0.1) is 18.0 Å². The molecule has 2 heterocycles. The maximum atomic E-state index is 4.68. The standard InChI is InChI=1S/C21H20N5/c1-13-8-14(2)15(3)18(9-13)20-16-6-5-7-17(19(16)25-12-26(20)4)21-23-10-22-11-24-21/h5-12H,1-4H3/q+1. The Balaban J connectivity index is 2.08. The molecule has 5 nitrogen and oxygen atoms in total. The van der Waals surface area contributed by atoms with E-state index in [0.29, 0.717) is 5.82 Å². The molecule has 2 aromatic carbocycles. The van der Waals surface area contributed by atoms with Crippen molar-refractivity contribution < 1.29 is 4.57 Å². The lowest BCUT2D eigenvalue weighted by molar-refractivity contribution is -0.662. The van der Waals surface area contributed by atoms with Crippen molar-refractivity contribution in [3.63, 3.8) is 0 Å². The highest BCUT2D eigenvalue weighted by Crippen LogP contribution is 2.32. The minimum atomic E-state index is 0.634. The minimum Gasteiger partial charge on any atom is -0.232 e. The van der Waals surface area contributed by atoms with Gasteiger partial charge in [0, 0.05) is 5.56 Å². The second kappa shape index (κ2) is 6.26. The molecule has 0 atom stereocenters. The Labute approximate surface area is 152 Å². The Morgan fingerprint density at radius 2 is 1.65 bits per heavy atom. The molecule has 0 spiro atoms. The number of fused-ring (bicyclic) bond motifs is 1. The lowest BCUT2D eigenvalue weighted by Crippen LogP contribution is -2.32. The number of benzene rings is 2. The molecule has 0 saturated heterocycles. The highest BCUT2D eigenvalue weighted by Gasteiger charge is 2.21. The van der Waals surface area contributed by atoms with Crippen molar-refractivity contribution in [3.8, 4) is 22.6 Å². The monoisotopic (exact) mass is 342 g/mol. The smallest absolute Gasteiger partial charge is 0.232 e. The van der Waals surface area contributed by atoms with Crippen LogP contribution in [0.15, 0.2) is 49.3 Å². The van der Waals surface area contributed by atoms with Crippen LogP contribution in [0.3, 0.4) is 0 Å². The maximum absolute atomic E-state index is 4.68. The summed E-state index contributed by atoms with van der Waals surface area (Å²) in [6.45, 7) is 6.47. The van der Waals surface area contributed by atoms with Crippen LogP contribution in [0.2, 0.25) is 0 Å². The lowest BCUT2D eigenvalue weighted by atomic mass is 9.95. The molecular weight excluding hydrogens is 322 g/mol. The summed E-state index contributed by atoms with van der Waals surface area (Å²) in [5.41, 5.74) is 8.00. The molecule has 0 aliphatic carbocycles. The third kappa shape index (κ3) is 2.62. The van der Waals surface area contributed by atoms with E-state index in [-0.39, 0.29) is 0 Å². The molecule has 0 bridgehead atoms. The first-order valence-electron chi connectivity index (χ1n) is 8.54. The molecule has 26 heavy (non-hydrogen) atoms. The van der Waals surface area contributed by atoms with Gasteiger partial charge in [0.2, 0.25) is 0 Å². The molecule has 0 saturated carbocycles. The van der Waals surface area contributed by atoms with Gasteiger partial charge in [-0.3, -0.25) is 0 Å². The van der Waals surface area contributed by atoms with E-state index in [1.807, 2.05) is 25.5 Å². The zero-order valence-corrected chi connectivity index (χ0v) is 15.4. The molecule has 0 amide bonds. The molecule has 0 fully saturated rings. The Morgan fingerprint density at radius 3 is 2.42 bits per heavy atom. The number of aromatic nitrogens is 5. The molecule has 4 aromatic rings. The number of nitrogens with zero attached hydrogens (tertiary/aromatic N) is 5. The van der Waals surface area contributed by atoms with Gasteiger partial charge in [0.1, 0.15) is 18.3 Å². The van der Waals surface area contributed by atoms with Crippen LogP contribution in [-0.4, -0.2) is 19.9 Å². The average molecular weight is 342 g/mol. The molecule has 0 aliphatic rings. The van der Waals surface area contributed by atoms with E-state index in [9.17, 15) is 0 Å². The van der Waals surface area contributed by atoms with Crippen LogP contribution in [0.1, 0.15) is 16.7 Å². The number of hydrogen-bond acceptors (Lipinski definition) is 4. The largest absolute Gasteiger partial charge is 0.287 e. The van der Waals surface area contributed by atoms with Crippen LogP contribution in [0.5, 0.6) is 0 Å². The summed E-state index contributed by atoms with van der Waals surface area (Å²) >= 11 is 0. The predicted molar refractivity (Wildman–Crippen MR) is 101 cm³/mol. The molecule has 5 heteroatoms. The van der Waals surface area contributed by atoms with Crippen LogP contribution < -0.4 is 4.57 Å².